The smallest absolute Gasteiger partial charge is 0.246 e. The van der Waals surface area contributed by atoms with E-state index < -0.39 is 0 Å². The molecule has 1 fully saturated rings. The molecule has 1 aliphatic heterocycles. The van der Waals surface area contributed by atoms with Crippen LogP contribution in [-0.2, 0) is 24.6 Å². The van der Waals surface area contributed by atoms with E-state index in [1.807, 2.05) is 73.3 Å². The van der Waals surface area contributed by atoms with Crippen LogP contribution in [0, 0.1) is 6.92 Å². The van der Waals surface area contributed by atoms with Gasteiger partial charge in [-0.05, 0) is 90.7 Å². The Morgan fingerprint density at radius 1 is 0.774 bits per heavy atom. The van der Waals surface area contributed by atoms with Gasteiger partial charge in [0, 0.05) is 55.5 Å². The van der Waals surface area contributed by atoms with Crippen LogP contribution >= 0.6 is 35.6 Å². The van der Waals surface area contributed by atoms with E-state index in [1.165, 1.54) is 5.56 Å². The maximum absolute atomic E-state index is 13.1. The Kier molecular flexibility index (Phi) is 14.4. The monoisotopic (exact) mass is 773 g/mol. The number of amides is 1. The van der Waals surface area contributed by atoms with E-state index in [1.54, 1.807) is 36.5 Å². The molecule has 2 heterocycles. The molecule has 0 spiro atoms. The minimum Gasteiger partial charge on any atom is -0.494 e. The number of benzene rings is 4. The normalized spacial score (nSPS) is 13.0. The first-order valence-corrected chi connectivity index (χ1v) is 18.0. The zero-order chi connectivity index (χ0) is 36.3. The van der Waals surface area contributed by atoms with Crippen LogP contribution in [-0.4, -0.2) is 53.5 Å². The summed E-state index contributed by atoms with van der Waals surface area (Å²) in [6.45, 7) is 9.13. The van der Waals surface area contributed by atoms with E-state index in [-0.39, 0.29) is 18.3 Å². The van der Waals surface area contributed by atoms with E-state index in [2.05, 4.69) is 34.1 Å². The predicted octanol–water partition coefficient (Wildman–Crippen LogP) is 9.83. The van der Waals surface area contributed by atoms with Gasteiger partial charge in [0.2, 0.25) is 11.8 Å². The van der Waals surface area contributed by atoms with E-state index in [0.717, 1.165) is 53.4 Å². The molecule has 276 valence electrons. The summed E-state index contributed by atoms with van der Waals surface area (Å²) in [5, 5.41) is 1.08. The van der Waals surface area contributed by atoms with Gasteiger partial charge in [0.15, 0.2) is 5.75 Å². The Morgan fingerprint density at radius 3 is 2.09 bits per heavy atom. The van der Waals surface area contributed by atoms with Crippen molar-refractivity contribution in [1.29, 1.82) is 0 Å². The molecule has 1 amide bonds. The van der Waals surface area contributed by atoms with Crippen LogP contribution in [0.1, 0.15) is 34.7 Å². The third kappa shape index (κ3) is 11.4. The van der Waals surface area contributed by atoms with Crippen molar-refractivity contribution in [2.45, 2.75) is 33.6 Å². The Hall–Kier alpha value is -4.73. The highest BCUT2D eigenvalue weighted by Gasteiger charge is 2.20. The summed E-state index contributed by atoms with van der Waals surface area (Å²) in [5.74, 6) is 3.11. The SMILES string of the molecule is CCOc1ccc(OCc2ccc(CN3CCN(C(=O)/C=C/c4cc(C)c(Oc5ccc(OCc6ccccc6Cl)cn5)c(Cl)c4)CC3)cc2)cc1.Cl. The number of nitrogens with zero attached hydrogens (tertiary/aromatic N) is 3. The molecule has 53 heavy (non-hydrogen) atoms. The first kappa shape index (κ1) is 39.5. The minimum absolute atomic E-state index is 0. The molecular weight excluding hydrogens is 733 g/mol. The van der Waals surface area contributed by atoms with E-state index in [4.69, 9.17) is 42.1 Å². The summed E-state index contributed by atoms with van der Waals surface area (Å²) < 4.78 is 23.2. The number of ether oxygens (including phenoxy) is 4. The van der Waals surface area contributed by atoms with Crippen molar-refractivity contribution in [3.05, 3.63) is 147 Å². The highest BCUT2D eigenvalue weighted by molar-refractivity contribution is 6.32. The molecule has 8 nitrogen and oxygen atoms in total. The topological polar surface area (TPSA) is 73.4 Å². The summed E-state index contributed by atoms with van der Waals surface area (Å²) in [6.07, 6.45) is 5.00. The third-order valence-electron chi connectivity index (χ3n) is 8.59. The van der Waals surface area contributed by atoms with Gasteiger partial charge in [0.25, 0.3) is 0 Å². The fraction of sp³-hybridized carbons (Fsp3) is 0.238. The fourth-order valence-corrected chi connectivity index (χ4v) is 6.24. The molecule has 0 unspecified atom stereocenters. The van der Waals surface area contributed by atoms with Gasteiger partial charge < -0.3 is 23.8 Å². The lowest BCUT2D eigenvalue weighted by Crippen LogP contribution is -2.47. The second-order valence-corrected chi connectivity index (χ2v) is 13.2. The van der Waals surface area contributed by atoms with Crippen LogP contribution in [0.25, 0.3) is 6.08 Å². The molecule has 0 saturated carbocycles. The number of hydrogen-bond acceptors (Lipinski definition) is 7. The summed E-state index contributed by atoms with van der Waals surface area (Å²) in [5.41, 5.74) is 4.87. The van der Waals surface area contributed by atoms with Crippen molar-refractivity contribution in [1.82, 2.24) is 14.8 Å². The fourth-order valence-electron chi connectivity index (χ4n) is 5.74. The number of rotatable bonds is 14. The lowest BCUT2D eigenvalue weighted by atomic mass is 10.1. The predicted molar refractivity (Wildman–Crippen MR) is 213 cm³/mol. The van der Waals surface area contributed by atoms with Gasteiger partial charge in [-0.1, -0.05) is 65.7 Å². The first-order valence-electron chi connectivity index (χ1n) is 17.3. The standard InChI is InChI=1S/C42H41Cl2N3O5.ClH/c1-3-49-35-13-15-36(16-14-35)50-28-32-10-8-31(9-11-32)27-46-20-22-47(23-21-46)41(48)19-12-33-24-30(2)42(39(44)25-33)52-40-18-17-37(26-45-40)51-29-34-6-4-5-7-38(34)43;/h4-19,24-26H,3,20-23,27-29H2,1-2H3;1H/b19-12+;. The lowest BCUT2D eigenvalue weighted by Gasteiger charge is -2.34. The first-order chi connectivity index (χ1) is 25.3. The number of halogens is 3. The molecule has 0 atom stereocenters. The summed E-state index contributed by atoms with van der Waals surface area (Å²) in [4.78, 5) is 21.7. The Bertz CT molecular complexity index is 1940. The van der Waals surface area contributed by atoms with Gasteiger partial charge in [-0.3, -0.25) is 9.69 Å². The molecule has 1 aromatic heterocycles. The van der Waals surface area contributed by atoms with Crippen molar-refractivity contribution >= 4 is 47.6 Å². The molecule has 6 rings (SSSR count). The zero-order valence-corrected chi connectivity index (χ0v) is 32.0. The molecular formula is C42H42Cl3N3O5. The minimum atomic E-state index is -0.0216. The van der Waals surface area contributed by atoms with Gasteiger partial charge in [0.05, 0.1) is 17.8 Å². The summed E-state index contributed by atoms with van der Waals surface area (Å²) in [6, 6.07) is 30.9. The van der Waals surface area contributed by atoms with Crippen molar-refractivity contribution in [2.75, 3.05) is 32.8 Å². The van der Waals surface area contributed by atoms with Crippen LogP contribution in [0.2, 0.25) is 10.0 Å². The molecule has 0 aliphatic carbocycles. The van der Waals surface area contributed by atoms with Gasteiger partial charge in [0.1, 0.15) is 30.5 Å². The number of piperazine rings is 1. The van der Waals surface area contributed by atoms with Crippen LogP contribution in [0.4, 0.5) is 0 Å². The van der Waals surface area contributed by atoms with Crippen LogP contribution in [0.5, 0.6) is 28.9 Å². The van der Waals surface area contributed by atoms with Crippen molar-refractivity contribution < 1.29 is 23.7 Å². The van der Waals surface area contributed by atoms with Crippen molar-refractivity contribution in [2.24, 2.45) is 0 Å². The van der Waals surface area contributed by atoms with Gasteiger partial charge in [-0.15, -0.1) is 12.4 Å². The maximum atomic E-state index is 13.1. The van der Waals surface area contributed by atoms with Crippen molar-refractivity contribution in [3.63, 3.8) is 0 Å². The van der Waals surface area contributed by atoms with E-state index in [0.29, 0.717) is 60.3 Å². The van der Waals surface area contributed by atoms with Gasteiger partial charge >= 0.3 is 0 Å². The molecule has 0 radical (unpaired) electrons. The Morgan fingerprint density at radius 2 is 1.43 bits per heavy atom. The molecule has 4 aromatic carbocycles. The second-order valence-electron chi connectivity index (χ2n) is 12.4. The van der Waals surface area contributed by atoms with Crippen LogP contribution < -0.4 is 18.9 Å². The highest BCUT2D eigenvalue weighted by Crippen LogP contribution is 2.34. The molecule has 11 heteroatoms. The number of aromatic nitrogens is 1. The molecule has 5 aromatic rings. The summed E-state index contributed by atoms with van der Waals surface area (Å²) in [7, 11) is 0. The molecule has 0 N–H and O–H groups in total. The number of pyridine rings is 1. The Balaban J connectivity index is 0.00000541. The zero-order valence-electron chi connectivity index (χ0n) is 29.7. The second kappa shape index (κ2) is 19.4. The van der Waals surface area contributed by atoms with Crippen LogP contribution in [0.15, 0.2) is 109 Å². The van der Waals surface area contributed by atoms with E-state index in [9.17, 15) is 4.79 Å². The van der Waals surface area contributed by atoms with E-state index >= 15 is 0 Å². The highest BCUT2D eigenvalue weighted by atomic mass is 35.5. The molecule has 1 saturated heterocycles. The number of hydrogen-bond donors (Lipinski definition) is 0. The number of carbonyl (C=O) groups is 1. The third-order valence-corrected chi connectivity index (χ3v) is 9.24. The molecule has 0 bridgehead atoms. The lowest BCUT2D eigenvalue weighted by molar-refractivity contribution is -0.127. The number of aryl methyl sites for hydroxylation is 1. The largest absolute Gasteiger partial charge is 0.494 e. The maximum Gasteiger partial charge on any atom is 0.246 e. The van der Waals surface area contributed by atoms with Crippen molar-refractivity contribution in [3.8, 4) is 28.9 Å². The van der Waals surface area contributed by atoms with Crippen LogP contribution in [0.3, 0.4) is 0 Å². The average Bonchev–Trinajstić information content (AvgIpc) is 3.16. The quantitative estimate of drug-likeness (QED) is 0.104. The average molecular weight is 775 g/mol. The van der Waals surface area contributed by atoms with Gasteiger partial charge in [-0.25, -0.2) is 4.98 Å². The Labute approximate surface area is 327 Å². The van der Waals surface area contributed by atoms with Gasteiger partial charge in [-0.2, -0.15) is 0 Å². The summed E-state index contributed by atoms with van der Waals surface area (Å²) >= 11 is 12.8. The number of carbonyl (C=O) groups excluding carboxylic acids is 1. The molecule has 1 aliphatic rings.